The Morgan fingerprint density at radius 1 is 0.284 bits per heavy atom. The van der Waals surface area contributed by atoms with Gasteiger partial charge in [-0.2, -0.15) is 0 Å². The monoisotopic (exact) mass is 860 g/mol. The van der Waals surface area contributed by atoms with E-state index in [1.54, 1.807) is 37.2 Å². The summed E-state index contributed by atoms with van der Waals surface area (Å²) in [5.74, 6) is 0. The molecule has 0 fully saturated rings. The lowest BCUT2D eigenvalue weighted by atomic mass is 10.1. The molecule has 314 valence electrons. The second kappa shape index (κ2) is 16.9. The maximum absolute atomic E-state index is 4.91. The first kappa shape index (κ1) is 39.2. The van der Waals surface area contributed by atoms with Crippen molar-refractivity contribution in [3.63, 3.8) is 0 Å². The third kappa shape index (κ3) is 7.85. The molecule has 10 heteroatoms. The Morgan fingerprint density at radius 3 is 0.851 bits per heavy atom. The van der Waals surface area contributed by atoms with E-state index in [4.69, 9.17) is 29.9 Å². The molecule has 0 bridgehead atoms. The second-order valence-corrected chi connectivity index (χ2v) is 16.0. The number of aliphatic imine (C=N–C) groups is 3. The van der Waals surface area contributed by atoms with Crippen LogP contribution in [0.15, 0.2) is 216 Å². The first-order valence-corrected chi connectivity index (χ1v) is 21.8. The van der Waals surface area contributed by atoms with Crippen LogP contribution in [0.3, 0.4) is 0 Å². The molecule has 0 atom stereocenters. The van der Waals surface area contributed by atoms with Gasteiger partial charge in [0.2, 0.25) is 0 Å². The standard InChI is InChI=1S/C57H36N10/c1-4-37-7-10-40-13-16-46(64-55(40)52(37)58-31-1)34-61-43-19-25-49(26-20-43)67(50-27-21-44(22-28-50)62-35-47-17-14-41-11-8-38-5-2-32-59-53(38)56(41)65-47)51-29-23-45(24-30-51)63-36-48-18-15-42-12-9-39-6-3-33-60-54(39)57(42)66-48/h1-36H. The lowest BCUT2D eigenvalue weighted by Gasteiger charge is -2.25. The predicted octanol–water partition coefficient (Wildman–Crippen LogP) is 13.7. The fourth-order valence-corrected chi connectivity index (χ4v) is 8.36. The fraction of sp³-hybridized carbons (Fsp3) is 0. The van der Waals surface area contributed by atoms with E-state index in [1.165, 1.54) is 0 Å². The van der Waals surface area contributed by atoms with Gasteiger partial charge in [-0.15, -0.1) is 0 Å². The Morgan fingerprint density at radius 2 is 0.552 bits per heavy atom. The van der Waals surface area contributed by atoms with Gasteiger partial charge in [0.1, 0.15) is 0 Å². The summed E-state index contributed by atoms with van der Waals surface area (Å²) in [4.78, 5) is 45.2. The molecule has 0 amide bonds. The molecule has 6 heterocycles. The molecule has 0 unspecified atom stereocenters. The average Bonchev–Trinajstić information content (AvgIpc) is 3.40. The van der Waals surface area contributed by atoms with Crippen LogP contribution in [0.25, 0.3) is 65.4 Å². The number of aromatic nitrogens is 6. The number of rotatable bonds is 9. The van der Waals surface area contributed by atoms with Crippen LogP contribution in [0.5, 0.6) is 0 Å². The molecule has 0 saturated carbocycles. The van der Waals surface area contributed by atoms with Gasteiger partial charge < -0.3 is 4.90 Å². The summed E-state index contributed by atoms with van der Waals surface area (Å²) in [6.07, 6.45) is 10.8. The van der Waals surface area contributed by atoms with E-state index in [9.17, 15) is 0 Å². The van der Waals surface area contributed by atoms with Gasteiger partial charge in [0.25, 0.3) is 0 Å². The van der Waals surface area contributed by atoms with Crippen LogP contribution in [0.4, 0.5) is 34.1 Å². The Hall–Kier alpha value is -9.41. The number of benzene rings is 6. The molecule has 12 aromatic rings. The maximum atomic E-state index is 4.91. The first-order valence-electron chi connectivity index (χ1n) is 21.8. The van der Waals surface area contributed by atoms with E-state index in [1.807, 2.05) is 72.8 Å². The summed E-state index contributed by atoms with van der Waals surface area (Å²) in [6.45, 7) is 0. The van der Waals surface area contributed by atoms with Crippen LogP contribution in [0.2, 0.25) is 0 Å². The molecule has 0 aliphatic rings. The molecule has 0 spiro atoms. The minimum absolute atomic E-state index is 0.755. The Bertz CT molecular complexity index is 3510. The summed E-state index contributed by atoms with van der Waals surface area (Å²) < 4.78 is 0. The number of pyridine rings is 6. The zero-order valence-corrected chi connectivity index (χ0v) is 35.8. The summed E-state index contributed by atoms with van der Waals surface area (Å²) in [6, 6.07) is 61.1. The van der Waals surface area contributed by atoms with Crippen molar-refractivity contribution in [3.05, 3.63) is 218 Å². The summed E-state index contributed by atoms with van der Waals surface area (Å²) in [5.41, 5.74) is 12.7. The number of hydrogen-bond donors (Lipinski definition) is 0. The maximum Gasteiger partial charge on any atom is 0.0972 e. The van der Waals surface area contributed by atoms with Crippen LogP contribution in [0, 0.1) is 0 Å². The lowest BCUT2D eigenvalue weighted by molar-refractivity contribution is 1.28. The molecule has 0 saturated heterocycles. The molecule has 0 aliphatic heterocycles. The van der Waals surface area contributed by atoms with Crippen LogP contribution >= 0.6 is 0 Å². The minimum Gasteiger partial charge on any atom is -0.310 e. The van der Waals surface area contributed by atoms with E-state index >= 15 is 0 Å². The second-order valence-electron chi connectivity index (χ2n) is 16.0. The molecule has 67 heavy (non-hydrogen) atoms. The van der Waals surface area contributed by atoms with Gasteiger partial charge in [0, 0.05) is 68.0 Å². The third-order valence-electron chi connectivity index (χ3n) is 11.7. The normalized spacial score (nSPS) is 12.0. The highest BCUT2D eigenvalue weighted by Crippen LogP contribution is 2.37. The molecule has 10 nitrogen and oxygen atoms in total. The number of nitrogens with zero attached hydrogens (tertiary/aromatic N) is 10. The largest absolute Gasteiger partial charge is 0.310 e. The zero-order chi connectivity index (χ0) is 44.5. The molecule has 0 N–H and O–H groups in total. The van der Waals surface area contributed by atoms with Crippen molar-refractivity contribution in [1.29, 1.82) is 0 Å². The van der Waals surface area contributed by atoms with Crippen molar-refractivity contribution in [3.8, 4) is 0 Å². The van der Waals surface area contributed by atoms with Gasteiger partial charge in [-0.3, -0.25) is 29.9 Å². The third-order valence-corrected chi connectivity index (χ3v) is 11.7. The van der Waals surface area contributed by atoms with Gasteiger partial charge in [0.05, 0.1) is 85.9 Å². The lowest BCUT2D eigenvalue weighted by Crippen LogP contribution is -2.09. The number of fused-ring (bicyclic) bond motifs is 9. The first-order chi connectivity index (χ1) is 33.1. The highest BCUT2D eigenvalue weighted by Gasteiger charge is 2.14. The Labute approximate surface area is 384 Å². The van der Waals surface area contributed by atoms with E-state index < -0.39 is 0 Å². The van der Waals surface area contributed by atoms with Gasteiger partial charge in [-0.05, 0) is 109 Å². The van der Waals surface area contributed by atoms with E-state index in [-0.39, 0.29) is 0 Å². The van der Waals surface area contributed by atoms with Crippen LogP contribution in [-0.4, -0.2) is 48.5 Å². The average molecular weight is 861 g/mol. The summed E-state index contributed by atoms with van der Waals surface area (Å²) >= 11 is 0. The zero-order valence-electron chi connectivity index (χ0n) is 35.8. The van der Waals surface area contributed by atoms with Crippen molar-refractivity contribution in [1.82, 2.24) is 29.9 Å². The minimum atomic E-state index is 0.755. The van der Waals surface area contributed by atoms with Crippen molar-refractivity contribution < 1.29 is 0 Å². The number of anilines is 3. The molecule has 0 radical (unpaired) electrons. The molecule has 6 aromatic heterocycles. The van der Waals surface area contributed by atoms with Crippen molar-refractivity contribution >= 4 is 118 Å². The SMILES string of the molecule is C(=Nc1ccc(N(c2ccc(N=Cc3ccc4ccc5cccnc5c4n3)cc2)c2ccc(N=Cc3ccc4ccc5cccnc5c4n3)cc2)cc1)c1ccc2ccc3cccnc3c2n1. The Balaban J connectivity index is 0.838. The van der Waals surface area contributed by atoms with E-state index in [2.05, 4.69) is 129 Å². The summed E-state index contributed by atoms with van der Waals surface area (Å²) in [5, 5.41) is 6.27. The van der Waals surface area contributed by atoms with Crippen LogP contribution < -0.4 is 4.90 Å². The van der Waals surface area contributed by atoms with Crippen molar-refractivity contribution in [2.24, 2.45) is 15.0 Å². The van der Waals surface area contributed by atoms with Crippen molar-refractivity contribution in [2.75, 3.05) is 4.90 Å². The smallest absolute Gasteiger partial charge is 0.0972 e. The predicted molar refractivity (Wildman–Crippen MR) is 274 cm³/mol. The highest BCUT2D eigenvalue weighted by molar-refractivity contribution is 6.05. The highest BCUT2D eigenvalue weighted by atomic mass is 15.1. The van der Waals surface area contributed by atoms with Gasteiger partial charge in [-0.25, -0.2) is 15.0 Å². The van der Waals surface area contributed by atoms with Gasteiger partial charge in [0.15, 0.2) is 0 Å². The Kier molecular flexibility index (Phi) is 9.91. The number of hydrogen-bond acceptors (Lipinski definition) is 10. The van der Waals surface area contributed by atoms with Crippen molar-refractivity contribution in [2.45, 2.75) is 0 Å². The molecular formula is C57H36N10. The van der Waals surface area contributed by atoms with Gasteiger partial charge >= 0.3 is 0 Å². The topological polar surface area (TPSA) is 118 Å². The molecule has 12 rings (SSSR count). The molecule has 6 aromatic carbocycles. The van der Waals surface area contributed by atoms with E-state index in [0.29, 0.717) is 0 Å². The summed E-state index contributed by atoms with van der Waals surface area (Å²) in [7, 11) is 0. The van der Waals surface area contributed by atoms with Crippen LogP contribution in [0.1, 0.15) is 17.1 Å². The molecule has 0 aliphatic carbocycles. The molecular weight excluding hydrogens is 825 g/mol. The fourth-order valence-electron chi connectivity index (χ4n) is 8.36. The van der Waals surface area contributed by atoms with Crippen LogP contribution in [-0.2, 0) is 0 Å². The van der Waals surface area contributed by atoms with E-state index in [0.717, 1.165) is 117 Å². The quantitative estimate of drug-likeness (QED) is 0.105. The van der Waals surface area contributed by atoms with Gasteiger partial charge in [-0.1, -0.05) is 72.8 Å².